The van der Waals surface area contributed by atoms with E-state index in [2.05, 4.69) is 32.3 Å². The highest BCUT2D eigenvalue weighted by atomic mass is 19.4. The van der Waals surface area contributed by atoms with E-state index in [4.69, 9.17) is 0 Å². The van der Waals surface area contributed by atoms with Gasteiger partial charge >= 0.3 is 6.36 Å². The van der Waals surface area contributed by atoms with Crippen LogP contribution in [-0.2, 0) is 9.59 Å². The smallest absolute Gasteiger partial charge is 0.406 e. The molecule has 4 rings (SSSR count). The summed E-state index contributed by atoms with van der Waals surface area (Å²) >= 11 is 0. The lowest BCUT2D eigenvalue weighted by molar-refractivity contribution is -0.274. The Morgan fingerprint density at radius 2 is 2.09 bits per heavy atom. The molecular weight excluding hydrogens is 455 g/mol. The zero-order valence-corrected chi connectivity index (χ0v) is 18.4. The van der Waals surface area contributed by atoms with Crippen molar-refractivity contribution in [2.24, 2.45) is 0 Å². The molecule has 9 nitrogen and oxygen atoms in total. The van der Waals surface area contributed by atoms with Gasteiger partial charge in [-0.25, -0.2) is 0 Å². The number of carbonyl (C=O) groups is 2. The van der Waals surface area contributed by atoms with Crippen molar-refractivity contribution >= 4 is 29.3 Å². The molecule has 1 aromatic heterocycles. The molecule has 2 atom stereocenters. The first kappa shape index (κ1) is 23.6. The summed E-state index contributed by atoms with van der Waals surface area (Å²) in [4.78, 5) is 47.5. The number of H-pyrrole nitrogens is 1. The van der Waals surface area contributed by atoms with Gasteiger partial charge in [-0.1, -0.05) is 13.0 Å². The normalized spacial score (nSPS) is 20.4. The molecule has 0 bridgehead atoms. The molecule has 3 N–H and O–H groups in total. The van der Waals surface area contributed by atoms with Crippen LogP contribution in [0.2, 0.25) is 0 Å². The van der Waals surface area contributed by atoms with E-state index in [-0.39, 0.29) is 29.5 Å². The van der Waals surface area contributed by atoms with Crippen LogP contribution in [0.1, 0.15) is 50.5 Å². The highest BCUT2D eigenvalue weighted by molar-refractivity contribution is 6.04. The third kappa shape index (κ3) is 5.15. The van der Waals surface area contributed by atoms with Crippen molar-refractivity contribution in [3.05, 3.63) is 40.2 Å². The monoisotopic (exact) mass is 479 g/mol. The van der Waals surface area contributed by atoms with Crippen LogP contribution in [0.3, 0.4) is 0 Å². The van der Waals surface area contributed by atoms with Crippen molar-refractivity contribution < 1.29 is 27.5 Å². The van der Waals surface area contributed by atoms with Crippen LogP contribution in [0.4, 0.5) is 30.6 Å². The standard InChI is InChI=1S/C22H24F3N5O4/c1-2-13-7-3-4-9-30(13)21-28-18-17(20(33)29-21)15(11-16(31)27-18)19(32)26-12-6-5-8-14(10-12)34-22(23,24)25/h5-6,8,10,13,15H,2-4,7,9,11H2,1H3,(H,26,32)(H2,27,28,29,31,33)/t13-,15-/m1/s1. The van der Waals surface area contributed by atoms with E-state index < -0.39 is 35.4 Å². The van der Waals surface area contributed by atoms with Crippen LogP contribution in [0.15, 0.2) is 29.1 Å². The minimum absolute atomic E-state index is 0.00797. The van der Waals surface area contributed by atoms with Gasteiger partial charge < -0.3 is 20.3 Å². The first-order valence-corrected chi connectivity index (χ1v) is 11.0. The number of alkyl halides is 3. The zero-order valence-electron chi connectivity index (χ0n) is 18.4. The number of carbonyl (C=O) groups excluding carboxylic acids is 2. The van der Waals surface area contributed by atoms with Gasteiger partial charge in [0, 0.05) is 30.8 Å². The number of nitrogens with one attached hydrogen (secondary N) is 3. The van der Waals surface area contributed by atoms with Crippen molar-refractivity contribution in [1.29, 1.82) is 0 Å². The lowest BCUT2D eigenvalue weighted by atomic mass is 9.92. The lowest BCUT2D eigenvalue weighted by Gasteiger charge is -2.36. The summed E-state index contributed by atoms with van der Waals surface area (Å²) in [6, 6.07) is 4.95. The number of ether oxygens (including phenoxy) is 1. The Balaban J connectivity index is 1.60. The van der Waals surface area contributed by atoms with Crippen molar-refractivity contribution in [2.75, 3.05) is 22.1 Å². The number of benzene rings is 1. The van der Waals surface area contributed by atoms with Crippen molar-refractivity contribution in [3.63, 3.8) is 0 Å². The van der Waals surface area contributed by atoms with Gasteiger partial charge in [0.15, 0.2) is 0 Å². The number of aromatic amines is 1. The van der Waals surface area contributed by atoms with E-state index in [1.165, 1.54) is 12.1 Å². The van der Waals surface area contributed by atoms with Gasteiger partial charge in [0.2, 0.25) is 17.8 Å². The minimum atomic E-state index is -4.88. The second kappa shape index (κ2) is 9.35. The van der Waals surface area contributed by atoms with E-state index in [1.54, 1.807) is 0 Å². The Hall–Kier alpha value is -3.57. The van der Waals surface area contributed by atoms with E-state index in [1.807, 2.05) is 4.90 Å². The third-order valence-corrected chi connectivity index (χ3v) is 5.96. The molecule has 34 heavy (non-hydrogen) atoms. The maximum absolute atomic E-state index is 13.0. The van der Waals surface area contributed by atoms with Crippen molar-refractivity contribution in [2.45, 2.75) is 57.3 Å². The number of aromatic nitrogens is 2. The Morgan fingerprint density at radius 1 is 1.29 bits per heavy atom. The second-order valence-corrected chi connectivity index (χ2v) is 8.27. The highest BCUT2D eigenvalue weighted by Gasteiger charge is 2.36. The van der Waals surface area contributed by atoms with Crippen molar-refractivity contribution in [1.82, 2.24) is 9.97 Å². The Labute approximate surface area is 192 Å². The molecular formula is C22H24F3N5O4. The number of rotatable bonds is 5. The predicted octanol–water partition coefficient (Wildman–Crippen LogP) is 3.50. The van der Waals surface area contributed by atoms with Crippen LogP contribution in [0.25, 0.3) is 0 Å². The molecule has 2 aromatic rings. The van der Waals surface area contributed by atoms with E-state index in [9.17, 15) is 27.6 Å². The fourth-order valence-electron chi connectivity index (χ4n) is 4.42. The lowest BCUT2D eigenvalue weighted by Crippen LogP contribution is -2.43. The van der Waals surface area contributed by atoms with E-state index >= 15 is 0 Å². The summed E-state index contributed by atoms with van der Waals surface area (Å²) in [5.41, 5.74) is -0.511. The first-order chi connectivity index (χ1) is 16.1. The topological polar surface area (TPSA) is 116 Å². The maximum atomic E-state index is 13.0. The maximum Gasteiger partial charge on any atom is 0.573 e. The van der Waals surface area contributed by atoms with Crippen molar-refractivity contribution in [3.8, 4) is 5.75 Å². The van der Waals surface area contributed by atoms with Crippen LogP contribution >= 0.6 is 0 Å². The summed E-state index contributed by atoms with van der Waals surface area (Å²) in [7, 11) is 0. The molecule has 2 amide bonds. The number of piperidine rings is 1. The molecule has 0 radical (unpaired) electrons. The molecule has 1 saturated heterocycles. The first-order valence-electron chi connectivity index (χ1n) is 11.0. The van der Waals surface area contributed by atoms with Gasteiger partial charge in [0.1, 0.15) is 11.6 Å². The number of hydrogen-bond donors (Lipinski definition) is 3. The summed E-state index contributed by atoms with van der Waals surface area (Å²) in [6.45, 7) is 2.77. The number of amides is 2. The Bertz CT molecular complexity index is 1150. The van der Waals surface area contributed by atoms with Gasteiger partial charge in [-0.15, -0.1) is 13.2 Å². The Kier molecular flexibility index (Phi) is 6.49. The molecule has 12 heteroatoms. The Morgan fingerprint density at radius 3 is 2.82 bits per heavy atom. The molecule has 2 aliphatic heterocycles. The number of halogens is 3. The number of fused-ring (bicyclic) bond motifs is 1. The van der Waals surface area contributed by atoms with Gasteiger partial charge in [-0.2, -0.15) is 4.98 Å². The molecule has 0 saturated carbocycles. The summed E-state index contributed by atoms with van der Waals surface area (Å²) in [5.74, 6) is -2.52. The predicted molar refractivity (Wildman–Crippen MR) is 118 cm³/mol. The highest BCUT2D eigenvalue weighted by Crippen LogP contribution is 2.32. The fourth-order valence-corrected chi connectivity index (χ4v) is 4.42. The third-order valence-electron chi connectivity index (χ3n) is 5.96. The van der Waals surface area contributed by atoms with Crippen LogP contribution < -0.4 is 25.8 Å². The van der Waals surface area contributed by atoms with E-state index in [0.29, 0.717) is 12.5 Å². The molecule has 3 heterocycles. The molecule has 182 valence electrons. The fraction of sp³-hybridized carbons (Fsp3) is 0.455. The molecule has 0 spiro atoms. The van der Waals surface area contributed by atoms with Crippen LogP contribution in [0, 0.1) is 0 Å². The second-order valence-electron chi connectivity index (χ2n) is 8.27. The summed E-state index contributed by atoms with van der Waals surface area (Å²) in [5, 5.41) is 5.04. The minimum Gasteiger partial charge on any atom is -0.406 e. The molecule has 2 aliphatic rings. The van der Waals surface area contributed by atoms with Gasteiger partial charge in [-0.3, -0.25) is 19.4 Å². The van der Waals surface area contributed by atoms with E-state index in [0.717, 1.165) is 37.8 Å². The van der Waals surface area contributed by atoms with Crippen LogP contribution in [-0.4, -0.2) is 40.7 Å². The molecule has 0 unspecified atom stereocenters. The largest absolute Gasteiger partial charge is 0.573 e. The van der Waals surface area contributed by atoms with Gasteiger partial charge in [0.05, 0.1) is 11.5 Å². The summed E-state index contributed by atoms with van der Waals surface area (Å²) < 4.78 is 41.3. The number of anilines is 3. The number of nitrogens with zero attached hydrogens (tertiary/aromatic N) is 2. The zero-order chi connectivity index (χ0) is 24.5. The van der Waals surface area contributed by atoms with Crippen LogP contribution in [0.5, 0.6) is 5.75 Å². The number of hydrogen-bond acceptors (Lipinski definition) is 6. The molecule has 1 fully saturated rings. The average Bonchev–Trinajstić information content (AvgIpc) is 2.77. The SMILES string of the molecule is CC[C@@H]1CCCCN1c1nc2c(c(=O)[nH]1)[C@H](C(=O)Nc1cccc(OC(F)(F)F)c1)CC(=O)N2. The van der Waals surface area contributed by atoms with Gasteiger partial charge in [-0.05, 0) is 37.8 Å². The quantitative estimate of drug-likeness (QED) is 0.605. The van der Waals surface area contributed by atoms with Gasteiger partial charge in [0.25, 0.3) is 5.56 Å². The molecule has 1 aromatic carbocycles. The summed E-state index contributed by atoms with van der Waals surface area (Å²) in [6.07, 6.45) is -1.32. The molecule has 0 aliphatic carbocycles. The average molecular weight is 479 g/mol.